The molecule has 4 nitrogen and oxygen atoms in total. The minimum Gasteiger partial charge on any atom is -0.396 e. The first-order valence-electron chi connectivity index (χ1n) is 7.21. The van der Waals surface area contributed by atoms with Gasteiger partial charge in [-0.25, -0.2) is 0 Å². The molecule has 3 atom stereocenters. The molecule has 18 heavy (non-hydrogen) atoms. The van der Waals surface area contributed by atoms with E-state index in [9.17, 15) is 4.79 Å². The number of nitrogens with zero attached hydrogens (tertiary/aromatic N) is 1. The first-order chi connectivity index (χ1) is 8.70. The summed E-state index contributed by atoms with van der Waals surface area (Å²) in [6.07, 6.45) is 6.00. The summed E-state index contributed by atoms with van der Waals surface area (Å²) in [7, 11) is 0. The Morgan fingerprint density at radius 3 is 2.78 bits per heavy atom. The summed E-state index contributed by atoms with van der Waals surface area (Å²) >= 11 is 0. The van der Waals surface area contributed by atoms with Gasteiger partial charge in [-0.1, -0.05) is 19.8 Å². The standard InChI is InChI=1S/C14H25NO3/c1-11-4-2-3-5-13(11)18-10-14(17)15-7-6-12(8-15)9-16/h11-13,16H,2-10H2,1H3. The Bertz CT molecular complexity index is 282. The van der Waals surface area contributed by atoms with E-state index in [0.29, 0.717) is 12.5 Å². The molecule has 3 unspecified atom stereocenters. The summed E-state index contributed by atoms with van der Waals surface area (Å²) < 4.78 is 5.78. The Morgan fingerprint density at radius 2 is 2.11 bits per heavy atom. The first kappa shape index (κ1) is 13.8. The summed E-state index contributed by atoms with van der Waals surface area (Å²) in [5.74, 6) is 0.932. The minimum atomic E-state index is 0.0868. The molecule has 2 rings (SSSR count). The molecular formula is C14H25NO3. The molecule has 0 aromatic heterocycles. The Kier molecular flexibility index (Phi) is 5.01. The third-order valence-corrected chi connectivity index (χ3v) is 4.35. The van der Waals surface area contributed by atoms with Crippen molar-refractivity contribution in [3.63, 3.8) is 0 Å². The Morgan fingerprint density at radius 1 is 1.33 bits per heavy atom. The van der Waals surface area contributed by atoms with Crippen LogP contribution in [0.2, 0.25) is 0 Å². The molecule has 0 radical (unpaired) electrons. The van der Waals surface area contributed by atoms with Crippen molar-refractivity contribution >= 4 is 5.91 Å². The lowest BCUT2D eigenvalue weighted by atomic mass is 9.88. The monoisotopic (exact) mass is 255 g/mol. The molecule has 0 bridgehead atoms. The van der Waals surface area contributed by atoms with E-state index in [1.165, 1.54) is 19.3 Å². The zero-order valence-electron chi connectivity index (χ0n) is 11.3. The van der Waals surface area contributed by atoms with E-state index in [0.717, 1.165) is 19.4 Å². The van der Waals surface area contributed by atoms with Crippen molar-refractivity contribution in [1.29, 1.82) is 0 Å². The van der Waals surface area contributed by atoms with Crippen LogP contribution in [0.5, 0.6) is 0 Å². The van der Waals surface area contributed by atoms with Crippen molar-refractivity contribution in [2.24, 2.45) is 11.8 Å². The van der Waals surface area contributed by atoms with Crippen LogP contribution in [0.15, 0.2) is 0 Å². The highest BCUT2D eigenvalue weighted by Crippen LogP contribution is 2.26. The highest BCUT2D eigenvalue weighted by atomic mass is 16.5. The van der Waals surface area contributed by atoms with Gasteiger partial charge in [0.15, 0.2) is 0 Å². The zero-order valence-corrected chi connectivity index (χ0v) is 11.3. The number of aliphatic hydroxyl groups excluding tert-OH is 1. The lowest BCUT2D eigenvalue weighted by Gasteiger charge is -2.29. The average molecular weight is 255 g/mol. The molecule has 1 saturated heterocycles. The van der Waals surface area contributed by atoms with Gasteiger partial charge in [-0.2, -0.15) is 0 Å². The van der Waals surface area contributed by atoms with E-state index in [1.54, 1.807) is 0 Å². The maximum atomic E-state index is 12.0. The summed E-state index contributed by atoms with van der Waals surface area (Å²) in [4.78, 5) is 13.8. The van der Waals surface area contributed by atoms with Crippen LogP contribution in [0, 0.1) is 11.8 Å². The van der Waals surface area contributed by atoms with Crippen molar-refractivity contribution in [2.75, 3.05) is 26.3 Å². The fraction of sp³-hybridized carbons (Fsp3) is 0.929. The van der Waals surface area contributed by atoms with Crippen LogP contribution in [0.1, 0.15) is 39.0 Å². The van der Waals surface area contributed by atoms with Gasteiger partial charge in [0.1, 0.15) is 6.61 Å². The molecule has 4 heteroatoms. The molecule has 1 amide bonds. The van der Waals surface area contributed by atoms with E-state index < -0.39 is 0 Å². The molecule has 1 N–H and O–H groups in total. The largest absolute Gasteiger partial charge is 0.396 e. The molecule has 0 aromatic rings. The van der Waals surface area contributed by atoms with Gasteiger partial charge in [-0.3, -0.25) is 4.79 Å². The smallest absolute Gasteiger partial charge is 0.248 e. The van der Waals surface area contributed by atoms with Crippen molar-refractivity contribution in [3.05, 3.63) is 0 Å². The fourth-order valence-corrected chi connectivity index (χ4v) is 3.01. The number of ether oxygens (including phenoxy) is 1. The molecule has 104 valence electrons. The minimum absolute atomic E-state index is 0.0868. The van der Waals surface area contributed by atoms with E-state index in [4.69, 9.17) is 9.84 Å². The second kappa shape index (κ2) is 6.53. The van der Waals surface area contributed by atoms with Crippen LogP contribution < -0.4 is 0 Å². The normalized spacial score (nSPS) is 32.8. The van der Waals surface area contributed by atoms with Gasteiger partial charge in [-0.15, -0.1) is 0 Å². The van der Waals surface area contributed by atoms with Crippen molar-refractivity contribution in [2.45, 2.75) is 45.1 Å². The van der Waals surface area contributed by atoms with Crippen molar-refractivity contribution < 1.29 is 14.6 Å². The van der Waals surface area contributed by atoms with Gasteiger partial charge in [0.2, 0.25) is 5.91 Å². The van der Waals surface area contributed by atoms with E-state index in [2.05, 4.69) is 6.92 Å². The molecule has 0 aromatic carbocycles. The lowest BCUT2D eigenvalue weighted by molar-refractivity contribution is -0.139. The van der Waals surface area contributed by atoms with Crippen molar-refractivity contribution in [1.82, 2.24) is 4.90 Å². The number of carbonyl (C=O) groups is 1. The lowest BCUT2D eigenvalue weighted by Crippen LogP contribution is -2.35. The molecule has 1 heterocycles. The fourth-order valence-electron chi connectivity index (χ4n) is 3.01. The van der Waals surface area contributed by atoms with Gasteiger partial charge in [-0.05, 0) is 25.2 Å². The maximum Gasteiger partial charge on any atom is 0.248 e. The average Bonchev–Trinajstić information content (AvgIpc) is 2.86. The molecule has 1 saturated carbocycles. The van der Waals surface area contributed by atoms with Crippen LogP contribution in [-0.2, 0) is 9.53 Å². The van der Waals surface area contributed by atoms with E-state index >= 15 is 0 Å². The number of hydrogen-bond donors (Lipinski definition) is 1. The SMILES string of the molecule is CC1CCCCC1OCC(=O)N1CCC(CO)C1. The Hall–Kier alpha value is -0.610. The number of amides is 1. The molecule has 1 aliphatic heterocycles. The van der Waals surface area contributed by atoms with Crippen LogP contribution >= 0.6 is 0 Å². The highest BCUT2D eigenvalue weighted by molar-refractivity contribution is 5.77. The van der Waals surface area contributed by atoms with Gasteiger partial charge in [0.25, 0.3) is 0 Å². The third-order valence-electron chi connectivity index (χ3n) is 4.35. The van der Waals surface area contributed by atoms with Gasteiger partial charge < -0.3 is 14.7 Å². The van der Waals surface area contributed by atoms with Gasteiger partial charge in [0, 0.05) is 25.6 Å². The number of rotatable bonds is 4. The topological polar surface area (TPSA) is 49.8 Å². The number of aliphatic hydroxyl groups is 1. The predicted octanol–water partition coefficient (Wildman–Crippen LogP) is 1.42. The number of likely N-dealkylation sites (tertiary alicyclic amines) is 1. The summed E-state index contributed by atoms with van der Waals surface area (Å²) in [5, 5.41) is 9.06. The van der Waals surface area contributed by atoms with E-state index in [1.807, 2.05) is 4.90 Å². The molecular weight excluding hydrogens is 230 g/mol. The Balaban J connectivity index is 1.71. The molecule has 2 aliphatic rings. The van der Waals surface area contributed by atoms with Crippen LogP contribution in [0.4, 0.5) is 0 Å². The predicted molar refractivity (Wildman–Crippen MR) is 69.1 cm³/mol. The molecule has 2 fully saturated rings. The summed E-state index contributed by atoms with van der Waals surface area (Å²) in [6.45, 7) is 4.08. The second-order valence-electron chi connectivity index (χ2n) is 5.79. The van der Waals surface area contributed by atoms with Crippen LogP contribution in [0.3, 0.4) is 0 Å². The second-order valence-corrected chi connectivity index (χ2v) is 5.79. The summed E-state index contributed by atoms with van der Waals surface area (Å²) in [5.41, 5.74) is 0. The van der Waals surface area contributed by atoms with Gasteiger partial charge >= 0.3 is 0 Å². The summed E-state index contributed by atoms with van der Waals surface area (Å²) in [6, 6.07) is 0. The first-order valence-corrected chi connectivity index (χ1v) is 7.21. The maximum absolute atomic E-state index is 12.0. The number of hydrogen-bond acceptors (Lipinski definition) is 3. The van der Waals surface area contributed by atoms with Crippen LogP contribution in [0.25, 0.3) is 0 Å². The zero-order chi connectivity index (χ0) is 13.0. The van der Waals surface area contributed by atoms with Crippen molar-refractivity contribution in [3.8, 4) is 0 Å². The third kappa shape index (κ3) is 3.45. The Labute approximate surface area is 109 Å². The molecule has 1 aliphatic carbocycles. The van der Waals surface area contributed by atoms with Crippen LogP contribution in [-0.4, -0.2) is 48.3 Å². The number of carbonyl (C=O) groups excluding carboxylic acids is 1. The van der Waals surface area contributed by atoms with E-state index in [-0.39, 0.29) is 31.1 Å². The highest BCUT2D eigenvalue weighted by Gasteiger charge is 2.27. The molecule has 0 spiro atoms. The quantitative estimate of drug-likeness (QED) is 0.826. The van der Waals surface area contributed by atoms with Gasteiger partial charge in [0.05, 0.1) is 6.10 Å².